The largest absolute Gasteiger partial charge is 0.488 e. The second-order valence-electron chi connectivity index (χ2n) is 3.44. The van der Waals surface area contributed by atoms with Gasteiger partial charge in [0, 0.05) is 4.90 Å². The van der Waals surface area contributed by atoms with Crippen LogP contribution in [0.5, 0.6) is 0 Å². The fourth-order valence-corrected chi connectivity index (χ4v) is 2.38. The van der Waals surface area contributed by atoms with Gasteiger partial charge in [0.2, 0.25) is 6.43 Å². The Balaban J connectivity index is 2.98. The van der Waals surface area contributed by atoms with Crippen molar-refractivity contribution < 1.29 is 18.8 Å². The summed E-state index contributed by atoms with van der Waals surface area (Å²) in [7, 11) is -2.40. The smallest absolute Gasteiger partial charge is 0.423 e. The minimum Gasteiger partial charge on any atom is -0.423 e. The average molecular weight is 246 g/mol. The highest BCUT2D eigenvalue weighted by atomic mass is 32.2. The van der Waals surface area contributed by atoms with E-state index >= 15 is 0 Å². The van der Waals surface area contributed by atoms with Gasteiger partial charge in [0.15, 0.2) is 0 Å². The molecule has 16 heavy (non-hydrogen) atoms. The second-order valence-corrected chi connectivity index (χ2v) is 5.23. The van der Waals surface area contributed by atoms with Crippen molar-refractivity contribution in [3.63, 3.8) is 0 Å². The Labute approximate surface area is 96.0 Å². The SMILES string of the molecule is C=S(CC(F)F)c1ccc(C)c(B(O)O)c1. The summed E-state index contributed by atoms with van der Waals surface area (Å²) in [5.74, 6) is 3.36. The first-order chi connectivity index (χ1) is 7.41. The van der Waals surface area contributed by atoms with Crippen LogP contribution in [-0.2, 0) is 0 Å². The Kier molecular flexibility index (Phi) is 4.64. The predicted molar refractivity (Wildman–Crippen MR) is 64.9 cm³/mol. The van der Waals surface area contributed by atoms with Gasteiger partial charge in [-0.1, -0.05) is 17.5 Å². The van der Waals surface area contributed by atoms with Crippen LogP contribution in [0.15, 0.2) is 23.1 Å². The van der Waals surface area contributed by atoms with Crippen LogP contribution in [0.4, 0.5) is 8.78 Å². The molecule has 0 saturated carbocycles. The monoisotopic (exact) mass is 246 g/mol. The average Bonchev–Trinajstić information content (AvgIpc) is 2.16. The van der Waals surface area contributed by atoms with E-state index in [0.717, 1.165) is 0 Å². The lowest BCUT2D eigenvalue weighted by atomic mass is 9.77. The summed E-state index contributed by atoms with van der Waals surface area (Å²) in [5, 5.41) is 18.2. The Morgan fingerprint density at radius 2 is 2.06 bits per heavy atom. The molecular weight excluding hydrogens is 233 g/mol. The number of rotatable bonds is 4. The Morgan fingerprint density at radius 1 is 1.44 bits per heavy atom. The number of halogens is 2. The summed E-state index contributed by atoms with van der Waals surface area (Å²) in [6, 6.07) is 4.90. The molecule has 2 N–H and O–H groups in total. The molecule has 1 aromatic carbocycles. The van der Waals surface area contributed by atoms with Gasteiger partial charge >= 0.3 is 7.12 Å². The molecule has 88 valence electrons. The van der Waals surface area contributed by atoms with Crippen molar-refractivity contribution >= 4 is 28.9 Å². The Hall–Kier alpha value is -0.715. The van der Waals surface area contributed by atoms with Crippen LogP contribution in [0.1, 0.15) is 5.56 Å². The summed E-state index contributed by atoms with van der Waals surface area (Å²) >= 11 is 0. The number of alkyl halides is 2. The van der Waals surface area contributed by atoms with Crippen molar-refractivity contribution in [1.29, 1.82) is 0 Å². The number of aryl methyl sites for hydroxylation is 1. The van der Waals surface area contributed by atoms with Gasteiger partial charge in [0.25, 0.3) is 0 Å². The van der Waals surface area contributed by atoms with Gasteiger partial charge < -0.3 is 10.0 Å². The Bertz CT molecular complexity index is 396. The zero-order chi connectivity index (χ0) is 12.3. The second kappa shape index (κ2) is 5.56. The quantitative estimate of drug-likeness (QED) is 0.614. The van der Waals surface area contributed by atoms with Crippen molar-refractivity contribution in [3.8, 4) is 0 Å². The van der Waals surface area contributed by atoms with E-state index in [0.29, 0.717) is 15.9 Å². The molecule has 0 aliphatic rings. The van der Waals surface area contributed by atoms with E-state index in [1.54, 1.807) is 19.1 Å². The lowest BCUT2D eigenvalue weighted by molar-refractivity contribution is 0.176. The third kappa shape index (κ3) is 3.40. The molecule has 0 aliphatic carbocycles. The maximum atomic E-state index is 12.2. The maximum Gasteiger partial charge on any atom is 0.488 e. The van der Waals surface area contributed by atoms with E-state index in [-0.39, 0.29) is 5.75 Å². The van der Waals surface area contributed by atoms with Gasteiger partial charge in [-0.2, -0.15) is 10.5 Å². The molecule has 0 heterocycles. The molecule has 1 atom stereocenters. The molecule has 0 saturated heterocycles. The fourth-order valence-electron chi connectivity index (χ4n) is 1.32. The van der Waals surface area contributed by atoms with Gasteiger partial charge in [-0.15, -0.1) is 0 Å². The van der Waals surface area contributed by atoms with Crippen molar-refractivity contribution in [2.24, 2.45) is 0 Å². The molecule has 0 aliphatic heterocycles. The highest BCUT2D eigenvalue weighted by Crippen LogP contribution is 2.25. The van der Waals surface area contributed by atoms with Crippen LogP contribution in [0.3, 0.4) is 0 Å². The molecular formula is C10H13BF2O2S. The highest BCUT2D eigenvalue weighted by Gasteiger charge is 2.15. The molecule has 1 unspecified atom stereocenters. The molecule has 0 radical (unpaired) electrons. The van der Waals surface area contributed by atoms with Crippen LogP contribution in [-0.4, -0.2) is 35.2 Å². The summed E-state index contributed by atoms with van der Waals surface area (Å²) in [6.45, 7) is 1.73. The van der Waals surface area contributed by atoms with Gasteiger partial charge in [-0.3, -0.25) is 0 Å². The van der Waals surface area contributed by atoms with E-state index in [1.165, 1.54) is 6.07 Å². The van der Waals surface area contributed by atoms with Gasteiger partial charge in [0.1, 0.15) is 0 Å². The molecule has 0 fully saturated rings. The lowest BCUT2D eigenvalue weighted by Crippen LogP contribution is -2.32. The van der Waals surface area contributed by atoms with Crippen molar-refractivity contribution in [2.45, 2.75) is 18.2 Å². The van der Waals surface area contributed by atoms with Crippen molar-refractivity contribution in [3.05, 3.63) is 23.8 Å². The number of hydrogen-bond acceptors (Lipinski definition) is 2. The predicted octanol–water partition coefficient (Wildman–Crippen LogP) is 1.000. The van der Waals surface area contributed by atoms with Crippen LogP contribution in [0, 0.1) is 6.92 Å². The highest BCUT2D eigenvalue weighted by molar-refractivity contribution is 8.14. The summed E-state index contributed by atoms with van der Waals surface area (Å²) in [4.78, 5) is 0.619. The first-order valence-corrected chi connectivity index (χ1v) is 6.23. The maximum absolute atomic E-state index is 12.2. The van der Waals surface area contributed by atoms with Crippen LogP contribution in [0.2, 0.25) is 0 Å². The summed E-state index contributed by atoms with van der Waals surface area (Å²) in [6.07, 6.45) is -2.40. The van der Waals surface area contributed by atoms with E-state index in [2.05, 4.69) is 5.87 Å². The van der Waals surface area contributed by atoms with E-state index in [4.69, 9.17) is 10.0 Å². The van der Waals surface area contributed by atoms with E-state index in [1.807, 2.05) is 0 Å². The molecule has 0 spiro atoms. The lowest BCUT2D eigenvalue weighted by Gasteiger charge is -2.11. The third-order valence-corrected chi connectivity index (χ3v) is 3.76. The number of benzene rings is 1. The standard InChI is InChI=1S/C10H13BF2O2S/c1-7-3-4-8(5-9(7)11(14)15)16(2)6-10(12)13/h3-5,10,14-15H,2,6H2,1H3. The molecule has 0 amide bonds. The molecule has 1 aromatic rings. The third-order valence-electron chi connectivity index (χ3n) is 2.19. The minimum absolute atomic E-state index is 0.302. The zero-order valence-corrected chi connectivity index (χ0v) is 9.68. The van der Waals surface area contributed by atoms with E-state index < -0.39 is 24.0 Å². The van der Waals surface area contributed by atoms with Gasteiger partial charge in [0.05, 0.1) is 5.75 Å². The van der Waals surface area contributed by atoms with Crippen LogP contribution < -0.4 is 5.46 Å². The minimum atomic E-state index is -2.40. The first-order valence-electron chi connectivity index (χ1n) is 4.67. The van der Waals surface area contributed by atoms with Crippen LogP contribution >= 0.6 is 10.5 Å². The normalized spacial score (nSPS) is 12.9. The zero-order valence-electron chi connectivity index (χ0n) is 8.86. The van der Waals surface area contributed by atoms with Gasteiger partial charge in [-0.05, 0) is 24.5 Å². The molecule has 0 bridgehead atoms. The molecule has 6 heteroatoms. The molecule has 2 nitrogen and oxygen atoms in total. The van der Waals surface area contributed by atoms with Crippen molar-refractivity contribution in [2.75, 3.05) is 5.75 Å². The first kappa shape index (κ1) is 13.4. The molecule has 1 rings (SSSR count). The summed E-state index contributed by atoms with van der Waals surface area (Å²) < 4.78 is 24.4. The van der Waals surface area contributed by atoms with Crippen molar-refractivity contribution in [1.82, 2.24) is 0 Å². The fraction of sp³-hybridized carbons (Fsp3) is 0.300. The van der Waals surface area contributed by atoms with E-state index in [9.17, 15) is 8.78 Å². The summed E-state index contributed by atoms with van der Waals surface area (Å²) in [5.41, 5.74) is 1.06. The topological polar surface area (TPSA) is 40.5 Å². The number of hydrogen-bond donors (Lipinski definition) is 2. The molecule has 0 aromatic heterocycles. The van der Waals surface area contributed by atoms with Crippen LogP contribution in [0.25, 0.3) is 0 Å². The Morgan fingerprint density at radius 3 is 2.56 bits per heavy atom. The van der Waals surface area contributed by atoms with Gasteiger partial charge in [-0.25, -0.2) is 8.78 Å².